The predicted molar refractivity (Wildman–Crippen MR) is 64.4 cm³/mol. The van der Waals surface area contributed by atoms with E-state index >= 15 is 0 Å². The molecule has 0 aromatic carbocycles. The van der Waals surface area contributed by atoms with Gasteiger partial charge in [0, 0.05) is 6.54 Å². The van der Waals surface area contributed by atoms with Gasteiger partial charge in [-0.3, -0.25) is 5.01 Å². The maximum atomic E-state index is 13.2. The minimum absolute atomic E-state index is 0.0394. The highest BCUT2D eigenvalue weighted by Gasteiger charge is 2.46. The van der Waals surface area contributed by atoms with Gasteiger partial charge in [0.05, 0.1) is 18.4 Å². The van der Waals surface area contributed by atoms with Gasteiger partial charge in [-0.25, -0.2) is 19.6 Å². The first-order valence-corrected chi connectivity index (χ1v) is 5.97. The van der Waals surface area contributed by atoms with Crippen LogP contribution in [0.25, 0.3) is 0 Å². The Kier molecular flexibility index (Phi) is 4.12. The molecular weight excluding hydrogens is 294 g/mol. The van der Waals surface area contributed by atoms with Gasteiger partial charge >= 0.3 is 12.1 Å². The Morgan fingerprint density at radius 2 is 2.19 bits per heavy atom. The van der Waals surface area contributed by atoms with Crippen molar-refractivity contribution in [3.63, 3.8) is 0 Å². The van der Waals surface area contributed by atoms with Crippen molar-refractivity contribution in [2.24, 2.45) is 0 Å². The largest absolute Gasteiger partial charge is 0.463 e. The summed E-state index contributed by atoms with van der Waals surface area (Å²) in [6.45, 7) is 1.10. The Morgan fingerprint density at radius 3 is 2.71 bits per heavy atom. The summed E-state index contributed by atoms with van der Waals surface area (Å²) in [5, 5.41) is 0.603. The summed E-state index contributed by atoms with van der Waals surface area (Å²) in [5.41, 5.74) is 0.638. The average Bonchev–Trinajstić information content (AvgIpc) is 2.84. The number of halogens is 4. The average molecular weight is 305 g/mol. The molecule has 5 nitrogen and oxygen atoms in total. The summed E-state index contributed by atoms with van der Waals surface area (Å²) in [7, 11) is 0. The van der Waals surface area contributed by atoms with Gasteiger partial charge < -0.3 is 4.74 Å². The van der Waals surface area contributed by atoms with Crippen LogP contribution >= 0.6 is 0 Å². The molecule has 0 spiro atoms. The maximum absolute atomic E-state index is 13.2. The molecule has 0 amide bonds. The van der Waals surface area contributed by atoms with Crippen LogP contribution in [0.4, 0.5) is 23.4 Å². The summed E-state index contributed by atoms with van der Waals surface area (Å²) >= 11 is 0. The smallest absolute Gasteiger partial charge is 0.433 e. The molecule has 0 saturated heterocycles. The number of hydrogen-bond donors (Lipinski definition) is 1. The van der Waals surface area contributed by atoms with E-state index in [9.17, 15) is 22.4 Å². The molecule has 0 unspecified atom stereocenters. The molecule has 0 bridgehead atoms. The molecule has 1 aliphatic rings. The van der Waals surface area contributed by atoms with Crippen molar-refractivity contribution in [3.8, 4) is 0 Å². The minimum Gasteiger partial charge on any atom is -0.463 e. The van der Waals surface area contributed by atoms with Gasteiger partial charge in [-0.1, -0.05) is 0 Å². The fourth-order valence-electron chi connectivity index (χ4n) is 1.84. The van der Waals surface area contributed by atoms with Crippen LogP contribution in [0.15, 0.2) is 29.6 Å². The van der Waals surface area contributed by atoms with Crippen molar-refractivity contribution >= 4 is 11.8 Å². The van der Waals surface area contributed by atoms with E-state index in [0.29, 0.717) is 5.01 Å². The van der Waals surface area contributed by atoms with E-state index in [1.54, 1.807) is 0 Å². The van der Waals surface area contributed by atoms with Crippen molar-refractivity contribution in [2.45, 2.75) is 13.1 Å². The summed E-state index contributed by atoms with van der Waals surface area (Å²) in [4.78, 5) is 15.2. The van der Waals surface area contributed by atoms with Crippen LogP contribution in [0.2, 0.25) is 0 Å². The van der Waals surface area contributed by atoms with Gasteiger partial charge in [0.1, 0.15) is 11.6 Å². The molecule has 9 heteroatoms. The van der Waals surface area contributed by atoms with Crippen molar-refractivity contribution in [1.29, 1.82) is 0 Å². The Balaban J connectivity index is 2.43. The topological polar surface area (TPSA) is 54.5 Å². The van der Waals surface area contributed by atoms with E-state index < -0.39 is 29.2 Å². The standard InChI is InChI=1S/C12H11F4N3O2/c1-2-21-11(20)8-6-18-19(10(8)12(14,15)16)9-4-3-7(13)5-17-9/h3-5,18H,2,6H2,1H3. The highest BCUT2D eigenvalue weighted by molar-refractivity contribution is 5.92. The molecule has 0 fully saturated rings. The number of allylic oxidation sites excluding steroid dienone is 1. The number of alkyl halides is 3. The third-order valence-corrected chi connectivity index (χ3v) is 2.65. The summed E-state index contributed by atoms with van der Waals surface area (Å²) in [6, 6.07) is 2.04. The first-order chi connectivity index (χ1) is 9.84. The number of pyridine rings is 1. The molecule has 21 heavy (non-hydrogen) atoms. The van der Waals surface area contributed by atoms with Crippen LogP contribution < -0.4 is 10.4 Å². The number of carbonyl (C=O) groups excluding carboxylic acids is 1. The molecule has 0 radical (unpaired) electrons. The van der Waals surface area contributed by atoms with Crippen LogP contribution in [0.1, 0.15) is 6.92 Å². The van der Waals surface area contributed by atoms with E-state index in [1.807, 2.05) is 0 Å². The summed E-state index contributed by atoms with van der Waals surface area (Å²) < 4.78 is 56.9. The van der Waals surface area contributed by atoms with E-state index in [0.717, 1.165) is 18.3 Å². The van der Waals surface area contributed by atoms with Gasteiger partial charge in [-0.2, -0.15) is 13.2 Å². The number of ether oxygens (including phenoxy) is 1. The number of aromatic nitrogens is 1. The Hall–Kier alpha value is -2.16. The van der Waals surface area contributed by atoms with Gasteiger partial charge in [0.2, 0.25) is 0 Å². The molecule has 2 heterocycles. The highest BCUT2D eigenvalue weighted by atomic mass is 19.4. The second kappa shape index (κ2) is 5.68. The minimum atomic E-state index is -4.79. The zero-order valence-electron chi connectivity index (χ0n) is 10.9. The Bertz CT molecular complexity index is 569. The monoisotopic (exact) mass is 305 g/mol. The van der Waals surface area contributed by atoms with E-state index in [2.05, 4.69) is 15.1 Å². The molecule has 1 aliphatic heterocycles. The number of nitrogens with zero attached hydrogens (tertiary/aromatic N) is 2. The van der Waals surface area contributed by atoms with Crippen molar-refractivity contribution in [2.75, 3.05) is 18.2 Å². The van der Waals surface area contributed by atoms with E-state index in [1.165, 1.54) is 6.92 Å². The second-order valence-corrected chi connectivity index (χ2v) is 4.05. The molecule has 2 rings (SSSR count). The molecule has 0 saturated carbocycles. The number of hydrazine groups is 1. The lowest BCUT2D eigenvalue weighted by Crippen LogP contribution is -2.37. The van der Waals surface area contributed by atoms with E-state index in [-0.39, 0.29) is 19.0 Å². The van der Waals surface area contributed by atoms with Gasteiger partial charge in [0.15, 0.2) is 5.70 Å². The maximum Gasteiger partial charge on any atom is 0.433 e. The van der Waals surface area contributed by atoms with Crippen molar-refractivity contribution < 1.29 is 27.1 Å². The lowest BCUT2D eigenvalue weighted by Gasteiger charge is -2.22. The summed E-state index contributed by atoms with van der Waals surface area (Å²) in [6.07, 6.45) is -4.00. The lowest BCUT2D eigenvalue weighted by molar-refractivity contribution is -0.139. The molecule has 114 valence electrons. The number of carbonyl (C=O) groups is 1. The number of nitrogens with one attached hydrogen (secondary N) is 1. The van der Waals surface area contributed by atoms with Crippen LogP contribution in [-0.4, -0.2) is 30.3 Å². The van der Waals surface area contributed by atoms with Crippen LogP contribution in [0.3, 0.4) is 0 Å². The summed E-state index contributed by atoms with van der Waals surface area (Å²) in [5.74, 6) is -1.91. The third-order valence-electron chi connectivity index (χ3n) is 2.65. The Labute approximate surface area is 117 Å². The molecule has 0 aliphatic carbocycles. The number of rotatable bonds is 3. The number of anilines is 1. The van der Waals surface area contributed by atoms with Gasteiger partial charge in [-0.05, 0) is 19.1 Å². The molecular formula is C12H11F4N3O2. The first kappa shape index (κ1) is 15.2. The van der Waals surface area contributed by atoms with Crippen LogP contribution in [-0.2, 0) is 9.53 Å². The third kappa shape index (κ3) is 3.13. The highest BCUT2D eigenvalue weighted by Crippen LogP contribution is 2.35. The second-order valence-electron chi connectivity index (χ2n) is 4.05. The molecule has 0 atom stereocenters. The van der Waals surface area contributed by atoms with Crippen LogP contribution in [0.5, 0.6) is 0 Å². The number of hydrogen-bond acceptors (Lipinski definition) is 5. The predicted octanol–water partition coefficient (Wildman–Crippen LogP) is 1.92. The fraction of sp³-hybridized carbons (Fsp3) is 0.333. The fourth-order valence-corrected chi connectivity index (χ4v) is 1.84. The molecule has 1 aromatic heterocycles. The molecule has 1 aromatic rings. The lowest BCUT2D eigenvalue weighted by atomic mass is 10.2. The zero-order chi connectivity index (χ0) is 15.6. The SMILES string of the molecule is CCOC(=O)C1=C(C(F)(F)F)N(c2ccc(F)cn2)NC1. The zero-order valence-corrected chi connectivity index (χ0v) is 10.9. The molecule has 1 N–H and O–H groups in total. The van der Waals surface area contributed by atoms with Crippen molar-refractivity contribution in [1.82, 2.24) is 10.4 Å². The Morgan fingerprint density at radius 1 is 1.48 bits per heavy atom. The van der Waals surface area contributed by atoms with Crippen LogP contribution in [0, 0.1) is 5.82 Å². The van der Waals surface area contributed by atoms with E-state index in [4.69, 9.17) is 0 Å². The van der Waals surface area contributed by atoms with Gasteiger partial charge in [-0.15, -0.1) is 0 Å². The quantitative estimate of drug-likeness (QED) is 0.683. The first-order valence-electron chi connectivity index (χ1n) is 5.97. The van der Waals surface area contributed by atoms with Gasteiger partial charge in [0.25, 0.3) is 0 Å². The number of esters is 1. The normalized spacial score (nSPS) is 15.6. The van der Waals surface area contributed by atoms with Crippen molar-refractivity contribution in [3.05, 3.63) is 35.4 Å².